The molecule has 0 radical (unpaired) electrons. The van der Waals surface area contributed by atoms with Crippen LogP contribution in [0.1, 0.15) is 64.8 Å². The van der Waals surface area contributed by atoms with Gasteiger partial charge in [-0.05, 0) is 11.8 Å². The number of aliphatic hydroxyl groups is 1. The fourth-order valence-electron chi connectivity index (χ4n) is 1.90. The first kappa shape index (κ1) is 15.1. The molecule has 3 atom stereocenters. The fraction of sp³-hybridized carbons (Fsp3) is 0.846. The lowest BCUT2D eigenvalue weighted by atomic mass is 9.88. The zero-order valence-electron chi connectivity index (χ0n) is 12.1. The minimum atomic E-state index is -0.464. The number of hydrogen-bond donors (Lipinski definition) is 1. The van der Waals surface area contributed by atoms with Crippen molar-refractivity contribution in [3.05, 3.63) is 11.7 Å². The van der Waals surface area contributed by atoms with E-state index in [1.807, 2.05) is 13.8 Å². The molecule has 0 aliphatic rings. The molecule has 1 N–H and O–H groups in total. The van der Waals surface area contributed by atoms with Gasteiger partial charge in [0.25, 0.3) is 0 Å². The van der Waals surface area contributed by atoms with E-state index in [0.717, 1.165) is 0 Å². The Morgan fingerprint density at radius 3 is 2.44 bits per heavy atom. The topological polar surface area (TPSA) is 68.4 Å². The summed E-state index contributed by atoms with van der Waals surface area (Å²) in [6, 6.07) is 0. The molecule has 0 saturated carbocycles. The standard InChI is InChI=1S/C13H24N2O3/c1-7-9(16)8(2)12-14-11(15-18-12)10(17-6)13(3,4)5/h8-10,16H,7H2,1-6H3. The third-order valence-electron chi connectivity index (χ3n) is 3.10. The van der Waals surface area contributed by atoms with Crippen molar-refractivity contribution in [3.8, 4) is 0 Å². The molecule has 104 valence electrons. The van der Waals surface area contributed by atoms with Gasteiger partial charge in [-0.2, -0.15) is 4.98 Å². The summed E-state index contributed by atoms with van der Waals surface area (Å²) in [4.78, 5) is 4.35. The molecule has 0 spiro atoms. The lowest BCUT2D eigenvalue weighted by Gasteiger charge is -2.26. The number of hydrogen-bond acceptors (Lipinski definition) is 5. The van der Waals surface area contributed by atoms with E-state index >= 15 is 0 Å². The van der Waals surface area contributed by atoms with Gasteiger partial charge in [-0.1, -0.05) is 39.8 Å². The number of rotatable bonds is 5. The lowest BCUT2D eigenvalue weighted by molar-refractivity contribution is 0.00718. The molecule has 0 fully saturated rings. The number of aliphatic hydroxyl groups excluding tert-OH is 1. The summed E-state index contributed by atoms with van der Waals surface area (Å²) in [5.74, 6) is 0.842. The average molecular weight is 256 g/mol. The van der Waals surface area contributed by atoms with E-state index in [1.165, 1.54) is 0 Å². The molecule has 0 aliphatic heterocycles. The summed E-state index contributed by atoms with van der Waals surface area (Å²) >= 11 is 0. The molecular formula is C13H24N2O3. The first-order valence-corrected chi connectivity index (χ1v) is 6.35. The predicted molar refractivity (Wildman–Crippen MR) is 68.2 cm³/mol. The Hall–Kier alpha value is -0.940. The summed E-state index contributed by atoms with van der Waals surface area (Å²) in [7, 11) is 1.64. The molecule has 1 heterocycles. The van der Waals surface area contributed by atoms with Gasteiger partial charge in [-0.3, -0.25) is 0 Å². The van der Waals surface area contributed by atoms with Crippen LogP contribution in [0.4, 0.5) is 0 Å². The van der Waals surface area contributed by atoms with Crippen LogP contribution in [-0.4, -0.2) is 28.5 Å². The molecule has 0 aliphatic carbocycles. The molecule has 0 saturated heterocycles. The highest BCUT2D eigenvalue weighted by Crippen LogP contribution is 2.34. The summed E-state index contributed by atoms with van der Waals surface area (Å²) in [5.41, 5.74) is -0.109. The molecule has 5 nitrogen and oxygen atoms in total. The highest BCUT2D eigenvalue weighted by atomic mass is 16.5. The Bertz CT molecular complexity index is 371. The van der Waals surface area contributed by atoms with Gasteiger partial charge in [-0.15, -0.1) is 0 Å². The van der Waals surface area contributed by atoms with Crippen LogP contribution in [0.5, 0.6) is 0 Å². The van der Waals surface area contributed by atoms with Crippen molar-refractivity contribution in [2.45, 2.75) is 59.2 Å². The predicted octanol–water partition coefficient (Wildman–Crippen LogP) is 2.68. The fourth-order valence-corrected chi connectivity index (χ4v) is 1.90. The summed E-state index contributed by atoms with van der Waals surface area (Å²) in [6.45, 7) is 9.97. The largest absolute Gasteiger partial charge is 0.392 e. The van der Waals surface area contributed by atoms with Crippen LogP contribution in [0.15, 0.2) is 4.52 Å². The quantitative estimate of drug-likeness (QED) is 0.877. The van der Waals surface area contributed by atoms with E-state index in [-0.39, 0.29) is 17.4 Å². The second-order valence-corrected chi connectivity index (χ2v) is 5.74. The number of aromatic nitrogens is 2. The molecule has 0 amide bonds. The number of nitrogens with zero attached hydrogens (tertiary/aromatic N) is 2. The van der Waals surface area contributed by atoms with Crippen LogP contribution in [0, 0.1) is 5.41 Å². The maximum absolute atomic E-state index is 9.79. The van der Waals surface area contributed by atoms with Gasteiger partial charge in [0.15, 0.2) is 0 Å². The molecular weight excluding hydrogens is 232 g/mol. The number of ether oxygens (including phenoxy) is 1. The summed E-state index contributed by atoms with van der Waals surface area (Å²) in [6.07, 6.45) is -0.0267. The molecule has 0 bridgehead atoms. The minimum Gasteiger partial charge on any atom is -0.392 e. The van der Waals surface area contributed by atoms with Crippen molar-refractivity contribution < 1.29 is 14.4 Å². The van der Waals surface area contributed by atoms with Crippen molar-refractivity contribution in [3.63, 3.8) is 0 Å². The first-order valence-electron chi connectivity index (χ1n) is 6.35. The van der Waals surface area contributed by atoms with Crippen LogP contribution in [0.3, 0.4) is 0 Å². The smallest absolute Gasteiger partial charge is 0.232 e. The van der Waals surface area contributed by atoms with E-state index in [9.17, 15) is 5.11 Å². The monoisotopic (exact) mass is 256 g/mol. The molecule has 5 heteroatoms. The normalized spacial score (nSPS) is 17.5. The van der Waals surface area contributed by atoms with Crippen LogP contribution >= 0.6 is 0 Å². The van der Waals surface area contributed by atoms with Gasteiger partial charge in [0, 0.05) is 7.11 Å². The Labute approximate surface area is 109 Å². The van der Waals surface area contributed by atoms with Gasteiger partial charge in [0.2, 0.25) is 11.7 Å². The van der Waals surface area contributed by atoms with Crippen LogP contribution in [0.2, 0.25) is 0 Å². The van der Waals surface area contributed by atoms with Crippen molar-refractivity contribution >= 4 is 0 Å². The van der Waals surface area contributed by atoms with Crippen molar-refractivity contribution in [1.29, 1.82) is 0 Å². The van der Waals surface area contributed by atoms with Crippen molar-refractivity contribution in [1.82, 2.24) is 10.1 Å². The SMILES string of the molecule is CCC(O)C(C)c1nc(C(OC)C(C)(C)C)no1. The Balaban J connectivity index is 2.92. The maximum Gasteiger partial charge on any atom is 0.232 e. The Kier molecular flexibility index (Phi) is 4.87. The molecule has 1 aromatic heterocycles. The van der Waals surface area contributed by atoms with E-state index in [4.69, 9.17) is 9.26 Å². The highest BCUT2D eigenvalue weighted by molar-refractivity contribution is 5.00. The van der Waals surface area contributed by atoms with Crippen LogP contribution in [-0.2, 0) is 4.74 Å². The average Bonchev–Trinajstić information content (AvgIpc) is 2.75. The Morgan fingerprint density at radius 2 is 2.00 bits per heavy atom. The second-order valence-electron chi connectivity index (χ2n) is 5.74. The molecule has 18 heavy (non-hydrogen) atoms. The van der Waals surface area contributed by atoms with Crippen molar-refractivity contribution in [2.24, 2.45) is 5.41 Å². The minimum absolute atomic E-state index is 0.109. The van der Waals surface area contributed by atoms with Gasteiger partial charge >= 0.3 is 0 Å². The second kappa shape index (κ2) is 5.80. The van der Waals surface area contributed by atoms with Crippen LogP contribution < -0.4 is 0 Å². The Morgan fingerprint density at radius 1 is 1.39 bits per heavy atom. The lowest BCUT2D eigenvalue weighted by Crippen LogP contribution is -2.21. The van der Waals surface area contributed by atoms with Gasteiger partial charge in [0.1, 0.15) is 6.10 Å². The highest BCUT2D eigenvalue weighted by Gasteiger charge is 2.31. The van der Waals surface area contributed by atoms with Gasteiger partial charge in [0.05, 0.1) is 12.0 Å². The van der Waals surface area contributed by atoms with Crippen LogP contribution in [0.25, 0.3) is 0 Å². The van der Waals surface area contributed by atoms with E-state index < -0.39 is 6.10 Å². The van der Waals surface area contributed by atoms with Crippen molar-refractivity contribution in [2.75, 3.05) is 7.11 Å². The molecule has 0 aromatic carbocycles. The molecule has 1 rings (SSSR count). The summed E-state index contributed by atoms with van der Waals surface area (Å²) < 4.78 is 10.7. The first-order chi connectivity index (χ1) is 8.31. The van der Waals surface area contributed by atoms with Gasteiger partial charge < -0.3 is 14.4 Å². The molecule has 1 aromatic rings. The van der Waals surface area contributed by atoms with E-state index in [2.05, 4.69) is 30.9 Å². The van der Waals surface area contributed by atoms with E-state index in [1.54, 1.807) is 7.11 Å². The van der Waals surface area contributed by atoms with Gasteiger partial charge in [-0.25, -0.2) is 0 Å². The zero-order valence-corrected chi connectivity index (χ0v) is 12.1. The maximum atomic E-state index is 9.79. The third-order valence-corrected chi connectivity index (χ3v) is 3.10. The third kappa shape index (κ3) is 3.29. The molecule has 3 unspecified atom stereocenters. The number of methoxy groups -OCH3 is 1. The zero-order chi connectivity index (χ0) is 13.9. The van der Waals surface area contributed by atoms with E-state index in [0.29, 0.717) is 18.1 Å². The summed E-state index contributed by atoms with van der Waals surface area (Å²) in [5, 5.41) is 13.8.